The van der Waals surface area contributed by atoms with E-state index in [1.165, 1.54) is 36.7 Å². The molecule has 1 aromatic heterocycles. The van der Waals surface area contributed by atoms with Gasteiger partial charge in [-0.1, -0.05) is 12.1 Å². The molecular weight excluding hydrogens is 377 g/mol. The van der Waals surface area contributed by atoms with Crippen molar-refractivity contribution in [1.29, 1.82) is 0 Å². The molecule has 8 heteroatoms. The number of esters is 1. The highest BCUT2D eigenvalue weighted by Crippen LogP contribution is 2.18. The summed E-state index contributed by atoms with van der Waals surface area (Å²) in [6, 6.07) is 13.4. The molecule has 0 bridgehead atoms. The van der Waals surface area contributed by atoms with E-state index in [0.29, 0.717) is 11.3 Å². The van der Waals surface area contributed by atoms with E-state index < -0.39 is 23.3 Å². The van der Waals surface area contributed by atoms with Gasteiger partial charge in [-0.15, -0.1) is 0 Å². The van der Waals surface area contributed by atoms with E-state index in [-0.39, 0.29) is 24.4 Å². The van der Waals surface area contributed by atoms with E-state index in [9.17, 15) is 18.8 Å². The molecule has 7 nitrogen and oxygen atoms in total. The molecule has 0 radical (unpaired) electrons. The SMILES string of the molecule is CCOC(=O)c1ccc(NC(=O)Cn2cnc(-c3ccccc3F)cc2=O)cc1. The third-order valence-electron chi connectivity index (χ3n) is 4.02. The summed E-state index contributed by atoms with van der Waals surface area (Å²) in [6.45, 7) is 1.73. The molecule has 3 aromatic rings. The second-order valence-corrected chi connectivity index (χ2v) is 6.07. The van der Waals surface area contributed by atoms with Crippen LogP contribution in [0, 0.1) is 5.82 Å². The van der Waals surface area contributed by atoms with Gasteiger partial charge in [0.1, 0.15) is 12.4 Å². The Kier molecular flexibility index (Phi) is 6.13. The number of carbonyl (C=O) groups excluding carboxylic acids is 2. The van der Waals surface area contributed by atoms with E-state index in [1.54, 1.807) is 31.2 Å². The van der Waals surface area contributed by atoms with Gasteiger partial charge in [-0.05, 0) is 43.3 Å². The van der Waals surface area contributed by atoms with Crippen LogP contribution in [0.1, 0.15) is 17.3 Å². The molecule has 2 aromatic carbocycles. The number of halogens is 1. The van der Waals surface area contributed by atoms with Crippen molar-refractivity contribution < 1.29 is 18.7 Å². The number of nitrogens with zero attached hydrogens (tertiary/aromatic N) is 2. The minimum Gasteiger partial charge on any atom is -0.462 e. The van der Waals surface area contributed by atoms with Crippen molar-refractivity contribution in [3.05, 3.63) is 82.7 Å². The van der Waals surface area contributed by atoms with Crippen LogP contribution in [0.4, 0.5) is 10.1 Å². The number of ether oxygens (including phenoxy) is 1. The molecule has 0 aliphatic carbocycles. The van der Waals surface area contributed by atoms with Gasteiger partial charge in [0.05, 0.1) is 24.2 Å². The number of amides is 1. The molecular formula is C21H18FN3O4. The number of aromatic nitrogens is 2. The Balaban J connectivity index is 1.67. The molecule has 0 atom stereocenters. The lowest BCUT2D eigenvalue weighted by atomic mass is 10.1. The van der Waals surface area contributed by atoms with Crippen molar-refractivity contribution in [1.82, 2.24) is 9.55 Å². The highest BCUT2D eigenvalue weighted by molar-refractivity contribution is 5.93. The highest BCUT2D eigenvalue weighted by atomic mass is 19.1. The molecule has 0 saturated heterocycles. The first kappa shape index (κ1) is 19.9. The molecule has 29 heavy (non-hydrogen) atoms. The topological polar surface area (TPSA) is 90.3 Å². The van der Waals surface area contributed by atoms with Crippen molar-refractivity contribution >= 4 is 17.6 Å². The Hall–Kier alpha value is -3.81. The third-order valence-corrected chi connectivity index (χ3v) is 4.02. The highest BCUT2D eigenvalue weighted by Gasteiger charge is 2.11. The monoisotopic (exact) mass is 395 g/mol. The Morgan fingerprint density at radius 2 is 1.86 bits per heavy atom. The fraction of sp³-hybridized carbons (Fsp3) is 0.143. The summed E-state index contributed by atoms with van der Waals surface area (Å²) < 4.78 is 19.9. The van der Waals surface area contributed by atoms with Crippen LogP contribution in [0.3, 0.4) is 0 Å². The van der Waals surface area contributed by atoms with E-state index >= 15 is 0 Å². The van der Waals surface area contributed by atoms with Crippen LogP contribution in [-0.4, -0.2) is 28.0 Å². The quantitative estimate of drug-likeness (QED) is 0.648. The van der Waals surface area contributed by atoms with Crippen molar-refractivity contribution in [3.63, 3.8) is 0 Å². The first-order valence-corrected chi connectivity index (χ1v) is 8.86. The van der Waals surface area contributed by atoms with Crippen molar-refractivity contribution in [2.75, 3.05) is 11.9 Å². The van der Waals surface area contributed by atoms with Gasteiger partial charge in [0, 0.05) is 17.3 Å². The fourth-order valence-corrected chi connectivity index (χ4v) is 2.62. The number of nitrogens with one attached hydrogen (secondary N) is 1. The van der Waals surface area contributed by atoms with Crippen LogP contribution < -0.4 is 10.9 Å². The predicted octanol–water partition coefficient (Wildman–Crippen LogP) is 2.86. The lowest BCUT2D eigenvalue weighted by molar-refractivity contribution is -0.116. The first-order chi connectivity index (χ1) is 14.0. The lowest BCUT2D eigenvalue weighted by Gasteiger charge is -2.09. The molecule has 1 N–H and O–H groups in total. The maximum absolute atomic E-state index is 13.8. The number of hydrogen-bond donors (Lipinski definition) is 1. The summed E-state index contributed by atoms with van der Waals surface area (Å²) >= 11 is 0. The fourth-order valence-electron chi connectivity index (χ4n) is 2.62. The predicted molar refractivity (Wildman–Crippen MR) is 105 cm³/mol. The third kappa shape index (κ3) is 4.92. The van der Waals surface area contributed by atoms with Gasteiger partial charge in [0.15, 0.2) is 0 Å². The van der Waals surface area contributed by atoms with Gasteiger partial charge in [-0.25, -0.2) is 14.2 Å². The van der Waals surface area contributed by atoms with E-state index in [4.69, 9.17) is 4.74 Å². The molecule has 148 valence electrons. The zero-order valence-electron chi connectivity index (χ0n) is 15.6. The Morgan fingerprint density at radius 1 is 1.14 bits per heavy atom. The molecule has 0 fully saturated rings. The summed E-state index contributed by atoms with van der Waals surface area (Å²) in [6.07, 6.45) is 1.20. The Labute approximate surface area is 165 Å². The van der Waals surface area contributed by atoms with Gasteiger partial charge in [0.2, 0.25) is 5.91 Å². The van der Waals surface area contributed by atoms with E-state index in [1.807, 2.05) is 0 Å². The van der Waals surface area contributed by atoms with Crippen LogP contribution in [-0.2, 0) is 16.1 Å². The van der Waals surface area contributed by atoms with E-state index in [0.717, 1.165) is 4.57 Å². The Bertz CT molecular complexity index is 1090. The minimum absolute atomic E-state index is 0.194. The van der Waals surface area contributed by atoms with Crippen molar-refractivity contribution in [3.8, 4) is 11.3 Å². The number of benzene rings is 2. The average Bonchev–Trinajstić information content (AvgIpc) is 2.70. The van der Waals surface area contributed by atoms with Gasteiger partial charge in [-0.2, -0.15) is 0 Å². The van der Waals surface area contributed by atoms with Gasteiger partial charge >= 0.3 is 5.97 Å². The molecule has 0 aliphatic rings. The molecule has 0 spiro atoms. The zero-order valence-corrected chi connectivity index (χ0v) is 15.6. The summed E-state index contributed by atoms with van der Waals surface area (Å²) in [5.41, 5.74) is 0.759. The standard InChI is InChI=1S/C21H18FN3O4/c1-2-29-21(28)14-7-9-15(10-8-14)24-19(26)12-25-13-23-18(11-20(25)27)16-5-3-4-6-17(16)22/h3-11,13H,2,12H2,1H3,(H,24,26). The number of carbonyl (C=O) groups is 2. The Morgan fingerprint density at radius 3 is 2.52 bits per heavy atom. The summed E-state index contributed by atoms with van der Waals surface area (Å²) in [5.74, 6) is -1.38. The maximum atomic E-state index is 13.8. The first-order valence-electron chi connectivity index (χ1n) is 8.86. The number of hydrogen-bond acceptors (Lipinski definition) is 5. The van der Waals surface area contributed by atoms with Crippen molar-refractivity contribution in [2.24, 2.45) is 0 Å². The smallest absolute Gasteiger partial charge is 0.338 e. The summed E-state index contributed by atoms with van der Waals surface area (Å²) in [7, 11) is 0. The summed E-state index contributed by atoms with van der Waals surface area (Å²) in [5, 5.41) is 2.63. The molecule has 1 amide bonds. The van der Waals surface area contributed by atoms with Crippen LogP contribution >= 0.6 is 0 Å². The minimum atomic E-state index is -0.485. The number of anilines is 1. The molecule has 0 aliphatic heterocycles. The second kappa shape index (κ2) is 8.92. The van der Waals surface area contributed by atoms with Crippen LogP contribution in [0.15, 0.2) is 65.7 Å². The zero-order chi connectivity index (χ0) is 20.8. The molecule has 0 saturated carbocycles. The van der Waals surface area contributed by atoms with Gasteiger partial charge < -0.3 is 10.1 Å². The van der Waals surface area contributed by atoms with Crippen LogP contribution in [0.5, 0.6) is 0 Å². The van der Waals surface area contributed by atoms with Gasteiger partial charge in [-0.3, -0.25) is 14.2 Å². The van der Waals surface area contributed by atoms with E-state index in [2.05, 4.69) is 10.3 Å². The average molecular weight is 395 g/mol. The van der Waals surface area contributed by atoms with Crippen LogP contribution in [0.2, 0.25) is 0 Å². The van der Waals surface area contributed by atoms with Crippen LogP contribution in [0.25, 0.3) is 11.3 Å². The normalized spacial score (nSPS) is 10.4. The largest absolute Gasteiger partial charge is 0.462 e. The summed E-state index contributed by atoms with van der Waals surface area (Å²) in [4.78, 5) is 40.2. The molecule has 0 unspecified atom stereocenters. The second-order valence-electron chi connectivity index (χ2n) is 6.07. The van der Waals surface area contributed by atoms with Gasteiger partial charge in [0.25, 0.3) is 5.56 Å². The maximum Gasteiger partial charge on any atom is 0.338 e. The molecule has 3 rings (SSSR count). The van der Waals surface area contributed by atoms with Crippen molar-refractivity contribution in [2.45, 2.75) is 13.5 Å². The lowest BCUT2D eigenvalue weighted by Crippen LogP contribution is -2.27. The molecule has 1 heterocycles. The number of rotatable bonds is 6.